The molecule has 0 atom stereocenters. The molecule has 0 rings (SSSR count). The van der Waals surface area contributed by atoms with Crippen molar-refractivity contribution in [3.63, 3.8) is 0 Å². The highest BCUT2D eigenvalue weighted by Gasteiger charge is 1.76. The Morgan fingerprint density at radius 1 is 1.75 bits per heavy atom. The monoisotopic (exact) mass is 130 g/mol. The van der Waals surface area contributed by atoms with Gasteiger partial charge in [-0.3, -0.25) is 0 Å². The highest BCUT2D eigenvalue weighted by Crippen LogP contribution is 1.80. The fraction of sp³-hybridized carbons (Fsp3) is 0.800. The first-order valence-electron chi connectivity index (χ1n) is 2.71. The normalized spacial score (nSPS) is 7.62. The first-order valence-corrected chi connectivity index (χ1v) is 3.12. The van der Waals surface area contributed by atoms with Crippen molar-refractivity contribution in [3.8, 4) is 0 Å². The summed E-state index contributed by atoms with van der Waals surface area (Å²) in [5.74, 6) is 0. The van der Waals surface area contributed by atoms with Crippen LogP contribution < -0.4 is 5.43 Å². The van der Waals surface area contributed by atoms with Gasteiger partial charge in [0.25, 0.3) is 0 Å². The first kappa shape index (κ1) is 7.60. The molecule has 8 heavy (non-hydrogen) atoms. The van der Waals surface area contributed by atoms with Gasteiger partial charge in [-0.05, 0) is 18.6 Å². The van der Waals surface area contributed by atoms with Crippen LogP contribution in [0, 0.1) is 0 Å². The summed E-state index contributed by atoms with van der Waals surface area (Å²) in [6.45, 7) is 3.03. The maximum absolute atomic E-state index is 4.32. The van der Waals surface area contributed by atoms with Crippen LogP contribution >= 0.6 is 12.2 Å². The van der Waals surface area contributed by atoms with Gasteiger partial charge in [-0.1, -0.05) is 13.3 Å². The van der Waals surface area contributed by atoms with Gasteiger partial charge in [0, 0.05) is 6.54 Å². The van der Waals surface area contributed by atoms with Gasteiger partial charge in [0.2, 0.25) is 0 Å². The van der Waals surface area contributed by atoms with Crippen molar-refractivity contribution >= 4 is 17.4 Å². The molecule has 2 nitrogen and oxygen atoms in total. The zero-order valence-electron chi connectivity index (χ0n) is 4.98. The van der Waals surface area contributed by atoms with Crippen LogP contribution in [0.5, 0.6) is 0 Å². The minimum absolute atomic E-state index is 0.903. The molecule has 0 saturated heterocycles. The fourth-order valence-electron chi connectivity index (χ4n) is 0.344. The van der Waals surface area contributed by atoms with E-state index in [-0.39, 0.29) is 0 Å². The van der Waals surface area contributed by atoms with Gasteiger partial charge in [0.1, 0.15) is 0 Å². The van der Waals surface area contributed by atoms with E-state index in [9.17, 15) is 0 Å². The Hall–Kier alpha value is -0.400. The number of hydrazone groups is 1. The zero-order valence-corrected chi connectivity index (χ0v) is 5.79. The average molecular weight is 130 g/mol. The summed E-state index contributed by atoms with van der Waals surface area (Å²) in [5, 5.41) is 5.75. The molecule has 0 aliphatic carbocycles. The highest BCUT2D eigenvalue weighted by molar-refractivity contribution is 7.78. The third-order valence-electron chi connectivity index (χ3n) is 0.767. The van der Waals surface area contributed by atoms with Gasteiger partial charge in [-0.25, -0.2) is 0 Å². The van der Waals surface area contributed by atoms with E-state index in [4.69, 9.17) is 0 Å². The number of nitrogens with one attached hydrogen (secondary N) is 1. The van der Waals surface area contributed by atoms with Crippen molar-refractivity contribution in [2.24, 2.45) is 5.10 Å². The highest BCUT2D eigenvalue weighted by atomic mass is 32.1. The molecule has 0 aromatic rings. The van der Waals surface area contributed by atoms with Crippen LogP contribution in [0.3, 0.4) is 0 Å². The van der Waals surface area contributed by atoms with Crippen molar-refractivity contribution in [2.75, 3.05) is 6.54 Å². The molecule has 0 aliphatic heterocycles. The van der Waals surface area contributed by atoms with E-state index in [2.05, 4.69) is 34.8 Å². The number of unbranched alkanes of at least 4 members (excludes halogenated alkanes) is 1. The lowest BCUT2D eigenvalue weighted by atomic mass is 10.3. The molecule has 0 aliphatic rings. The van der Waals surface area contributed by atoms with E-state index >= 15 is 0 Å². The molecular formula is C5H10N2S. The zero-order chi connectivity index (χ0) is 6.24. The molecule has 0 heterocycles. The number of thiocarbonyl (C=S) groups is 1. The van der Waals surface area contributed by atoms with E-state index < -0.39 is 0 Å². The van der Waals surface area contributed by atoms with E-state index in [0.29, 0.717) is 0 Å². The Balaban J connectivity index is 2.82. The average Bonchev–Trinajstić information content (AvgIpc) is 1.81. The van der Waals surface area contributed by atoms with Crippen LogP contribution in [0.2, 0.25) is 0 Å². The summed E-state index contributed by atoms with van der Waals surface area (Å²) in [7, 11) is 0. The summed E-state index contributed by atoms with van der Waals surface area (Å²) in [6.07, 6.45) is 2.32. The topological polar surface area (TPSA) is 24.4 Å². The Morgan fingerprint density at radius 3 is 3.00 bits per heavy atom. The SMILES string of the molecule is CCCCNN=C=S. The van der Waals surface area contributed by atoms with Crippen LogP contribution in [0.25, 0.3) is 0 Å². The Kier molecular flexibility index (Phi) is 6.27. The van der Waals surface area contributed by atoms with Crippen molar-refractivity contribution < 1.29 is 0 Å². The Labute approximate surface area is 55.0 Å². The van der Waals surface area contributed by atoms with E-state index in [1.807, 2.05) is 0 Å². The smallest absolute Gasteiger partial charge is 0.0843 e. The van der Waals surface area contributed by atoms with Gasteiger partial charge in [0.05, 0.1) is 5.16 Å². The van der Waals surface area contributed by atoms with Gasteiger partial charge >= 0.3 is 0 Å². The second kappa shape index (κ2) is 6.60. The first-order chi connectivity index (χ1) is 3.91. The molecule has 0 aromatic heterocycles. The number of hydrogen-bond acceptors (Lipinski definition) is 3. The Bertz CT molecular complexity index is 86.4. The summed E-state index contributed by atoms with van der Waals surface area (Å²) in [5.41, 5.74) is 2.75. The Morgan fingerprint density at radius 2 is 2.50 bits per heavy atom. The standard InChI is InChI=1S/C5H10N2S/c1-2-3-4-6-7-5-8/h6H,2-4H2,1H3. The minimum atomic E-state index is 0.903. The molecule has 46 valence electrons. The summed E-state index contributed by atoms with van der Waals surface area (Å²) >= 11 is 4.32. The summed E-state index contributed by atoms with van der Waals surface area (Å²) < 4.78 is 0. The lowest BCUT2D eigenvalue weighted by Crippen LogP contribution is -2.05. The molecule has 1 N–H and O–H groups in total. The van der Waals surface area contributed by atoms with Crippen LogP contribution in [0.4, 0.5) is 0 Å². The number of isothiocyanates is 1. The minimum Gasteiger partial charge on any atom is -0.301 e. The van der Waals surface area contributed by atoms with Crippen LogP contribution in [0.15, 0.2) is 5.10 Å². The van der Waals surface area contributed by atoms with Gasteiger partial charge in [-0.15, -0.1) is 5.10 Å². The van der Waals surface area contributed by atoms with Crippen molar-refractivity contribution in [1.82, 2.24) is 5.43 Å². The summed E-state index contributed by atoms with van der Waals surface area (Å²) in [4.78, 5) is 0. The number of rotatable bonds is 4. The molecule has 0 aromatic carbocycles. The van der Waals surface area contributed by atoms with E-state index in [0.717, 1.165) is 13.0 Å². The van der Waals surface area contributed by atoms with Gasteiger partial charge in [0.15, 0.2) is 0 Å². The molecule has 0 saturated carbocycles. The third kappa shape index (κ3) is 5.60. The molecule has 0 radical (unpaired) electrons. The predicted octanol–water partition coefficient (Wildman–Crippen LogP) is 1.39. The molecule has 0 bridgehead atoms. The molecule has 0 fully saturated rings. The second-order valence-electron chi connectivity index (χ2n) is 1.46. The maximum Gasteiger partial charge on any atom is 0.0843 e. The van der Waals surface area contributed by atoms with Crippen molar-refractivity contribution in [3.05, 3.63) is 0 Å². The van der Waals surface area contributed by atoms with Gasteiger partial charge in [-0.2, -0.15) is 0 Å². The summed E-state index contributed by atoms with van der Waals surface area (Å²) in [6, 6.07) is 0. The number of nitrogens with zero attached hydrogens (tertiary/aromatic N) is 1. The van der Waals surface area contributed by atoms with Crippen LogP contribution in [-0.4, -0.2) is 11.7 Å². The molecule has 0 spiro atoms. The maximum atomic E-state index is 4.32. The number of hydrogen-bond donors (Lipinski definition) is 1. The van der Waals surface area contributed by atoms with Crippen molar-refractivity contribution in [2.45, 2.75) is 19.8 Å². The van der Waals surface area contributed by atoms with Crippen LogP contribution in [0.1, 0.15) is 19.8 Å². The molecule has 3 heteroatoms. The fourth-order valence-corrected chi connectivity index (χ4v) is 0.409. The predicted molar refractivity (Wildman–Crippen MR) is 37.9 cm³/mol. The van der Waals surface area contributed by atoms with E-state index in [1.54, 1.807) is 0 Å². The third-order valence-corrected chi connectivity index (χ3v) is 0.858. The lowest BCUT2D eigenvalue weighted by Gasteiger charge is -1.91. The molecule has 0 unspecified atom stereocenters. The van der Waals surface area contributed by atoms with Crippen LogP contribution in [-0.2, 0) is 0 Å². The quantitative estimate of drug-likeness (QED) is 0.269. The molecular weight excluding hydrogens is 120 g/mol. The van der Waals surface area contributed by atoms with E-state index in [1.165, 1.54) is 6.42 Å². The lowest BCUT2D eigenvalue weighted by molar-refractivity contribution is 0.675. The molecule has 0 amide bonds. The second-order valence-corrected chi connectivity index (χ2v) is 1.65. The van der Waals surface area contributed by atoms with Gasteiger partial charge < -0.3 is 5.43 Å². The van der Waals surface area contributed by atoms with Crippen molar-refractivity contribution in [1.29, 1.82) is 0 Å². The largest absolute Gasteiger partial charge is 0.301 e.